The molecule has 0 aromatic carbocycles. The van der Waals surface area contributed by atoms with E-state index >= 15 is 0 Å². The Kier molecular flexibility index (Phi) is 4.93. The minimum absolute atomic E-state index is 0.123. The molecule has 0 aliphatic carbocycles. The molecule has 2 nitrogen and oxygen atoms in total. The van der Waals surface area contributed by atoms with E-state index in [1.54, 1.807) is 7.11 Å². The SMILES string of the molecule is CCC(C)C(N)C(OC)C(C)(C)C. The average Bonchev–Trinajstić information content (AvgIpc) is 2.01. The van der Waals surface area contributed by atoms with Crippen LogP contribution in [0.2, 0.25) is 0 Å². The van der Waals surface area contributed by atoms with Crippen molar-refractivity contribution in [3.8, 4) is 0 Å². The van der Waals surface area contributed by atoms with Crippen molar-refractivity contribution in [2.75, 3.05) is 7.11 Å². The van der Waals surface area contributed by atoms with Gasteiger partial charge in [0.2, 0.25) is 0 Å². The Morgan fingerprint density at radius 1 is 1.31 bits per heavy atom. The van der Waals surface area contributed by atoms with Gasteiger partial charge < -0.3 is 10.5 Å². The molecule has 0 amide bonds. The van der Waals surface area contributed by atoms with E-state index in [4.69, 9.17) is 10.5 Å². The lowest BCUT2D eigenvalue weighted by Gasteiger charge is -2.36. The maximum Gasteiger partial charge on any atom is 0.0772 e. The Morgan fingerprint density at radius 2 is 1.77 bits per heavy atom. The molecule has 0 saturated carbocycles. The molecule has 0 saturated heterocycles. The molecule has 0 aliphatic rings. The number of nitrogens with two attached hydrogens (primary N) is 1. The van der Waals surface area contributed by atoms with Crippen molar-refractivity contribution in [2.45, 2.75) is 53.2 Å². The average molecular weight is 187 g/mol. The topological polar surface area (TPSA) is 35.2 Å². The fourth-order valence-electron chi connectivity index (χ4n) is 1.66. The molecule has 2 N–H and O–H groups in total. The first-order chi connectivity index (χ1) is 5.84. The number of hydrogen-bond donors (Lipinski definition) is 1. The van der Waals surface area contributed by atoms with Gasteiger partial charge in [-0.15, -0.1) is 0 Å². The van der Waals surface area contributed by atoms with E-state index in [-0.39, 0.29) is 17.6 Å². The van der Waals surface area contributed by atoms with Gasteiger partial charge in [-0.05, 0) is 11.3 Å². The number of methoxy groups -OCH3 is 1. The van der Waals surface area contributed by atoms with Crippen molar-refractivity contribution in [1.29, 1.82) is 0 Å². The van der Waals surface area contributed by atoms with Crippen LogP contribution in [0.15, 0.2) is 0 Å². The van der Waals surface area contributed by atoms with Gasteiger partial charge in [-0.3, -0.25) is 0 Å². The maximum absolute atomic E-state index is 6.14. The normalized spacial score (nSPS) is 19.6. The molecule has 13 heavy (non-hydrogen) atoms. The Balaban J connectivity index is 4.40. The highest BCUT2D eigenvalue weighted by Gasteiger charge is 2.32. The summed E-state index contributed by atoms with van der Waals surface area (Å²) in [4.78, 5) is 0. The van der Waals surface area contributed by atoms with E-state index in [2.05, 4.69) is 34.6 Å². The molecule has 3 unspecified atom stereocenters. The van der Waals surface area contributed by atoms with E-state index in [1.165, 1.54) is 0 Å². The monoisotopic (exact) mass is 187 g/mol. The van der Waals surface area contributed by atoms with Crippen molar-refractivity contribution in [3.05, 3.63) is 0 Å². The zero-order valence-corrected chi connectivity index (χ0v) is 9.92. The van der Waals surface area contributed by atoms with Gasteiger partial charge in [0.15, 0.2) is 0 Å². The van der Waals surface area contributed by atoms with Crippen LogP contribution >= 0.6 is 0 Å². The molecule has 3 atom stereocenters. The predicted molar refractivity (Wildman–Crippen MR) is 57.7 cm³/mol. The van der Waals surface area contributed by atoms with Crippen LogP contribution in [0.3, 0.4) is 0 Å². The van der Waals surface area contributed by atoms with Crippen LogP contribution in [0.1, 0.15) is 41.0 Å². The van der Waals surface area contributed by atoms with Gasteiger partial charge in [-0.1, -0.05) is 41.0 Å². The van der Waals surface area contributed by atoms with Crippen LogP contribution in [0.4, 0.5) is 0 Å². The molecule has 0 heterocycles. The van der Waals surface area contributed by atoms with E-state index in [0.29, 0.717) is 5.92 Å². The van der Waals surface area contributed by atoms with Crippen LogP contribution in [-0.2, 0) is 4.74 Å². The van der Waals surface area contributed by atoms with Gasteiger partial charge >= 0.3 is 0 Å². The fourth-order valence-corrected chi connectivity index (χ4v) is 1.66. The van der Waals surface area contributed by atoms with Crippen LogP contribution in [0, 0.1) is 11.3 Å². The third kappa shape index (κ3) is 3.65. The highest BCUT2D eigenvalue weighted by Crippen LogP contribution is 2.27. The molecular weight excluding hydrogens is 162 g/mol. The molecule has 80 valence electrons. The van der Waals surface area contributed by atoms with E-state index in [1.807, 2.05) is 0 Å². The Morgan fingerprint density at radius 3 is 2.00 bits per heavy atom. The minimum atomic E-state index is 0.123. The second-order valence-corrected chi connectivity index (χ2v) is 4.99. The summed E-state index contributed by atoms with van der Waals surface area (Å²) in [6.45, 7) is 10.9. The van der Waals surface area contributed by atoms with Crippen molar-refractivity contribution in [1.82, 2.24) is 0 Å². The number of rotatable bonds is 4. The largest absolute Gasteiger partial charge is 0.379 e. The van der Waals surface area contributed by atoms with Crippen molar-refractivity contribution in [3.63, 3.8) is 0 Å². The van der Waals surface area contributed by atoms with Gasteiger partial charge in [-0.25, -0.2) is 0 Å². The molecule has 2 heteroatoms. The number of hydrogen-bond acceptors (Lipinski definition) is 2. The lowest BCUT2D eigenvalue weighted by Crippen LogP contribution is -2.48. The molecule has 0 aromatic heterocycles. The summed E-state index contributed by atoms with van der Waals surface area (Å²) in [5.41, 5.74) is 6.27. The molecule has 0 radical (unpaired) electrons. The molecule has 0 rings (SSSR count). The van der Waals surface area contributed by atoms with Gasteiger partial charge in [0.05, 0.1) is 6.10 Å². The highest BCUT2D eigenvalue weighted by atomic mass is 16.5. The van der Waals surface area contributed by atoms with E-state index in [0.717, 1.165) is 6.42 Å². The Bertz CT molecular complexity index is 140. The predicted octanol–water partition coefficient (Wildman–Crippen LogP) is 2.42. The minimum Gasteiger partial charge on any atom is -0.379 e. The maximum atomic E-state index is 6.14. The zero-order valence-electron chi connectivity index (χ0n) is 9.92. The second-order valence-electron chi connectivity index (χ2n) is 4.99. The Labute approximate surface area is 82.8 Å². The molecule has 0 aliphatic heterocycles. The molecular formula is C11H25NO. The van der Waals surface area contributed by atoms with Gasteiger partial charge in [-0.2, -0.15) is 0 Å². The first-order valence-electron chi connectivity index (χ1n) is 5.13. The molecule has 0 fully saturated rings. The lowest BCUT2D eigenvalue weighted by molar-refractivity contribution is -0.0142. The first-order valence-corrected chi connectivity index (χ1v) is 5.13. The standard InChI is InChI=1S/C11H25NO/c1-7-8(2)9(12)10(13-6)11(3,4)5/h8-10H,7,12H2,1-6H3. The second kappa shape index (κ2) is 4.97. The van der Waals surface area contributed by atoms with Crippen LogP contribution in [0.25, 0.3) is 0 Å². The third-order valence-electron chi connectivity index (χ3n) is 2.76. The smallest absolute Gasteiger partial charge is 0.0772 e. The highest BCUT2D eigenvalue weighted by molar-refractivity contribution is 4.86. The van der Waals surface area contributed by atoms with Crippen molar-refractivity contribution >= 4 is 0 Å². The van der Waals surface area contributed by atoms with E-state index < -0.39 is 0 Å². The summed E-state index contributed by atoms with van der Waals surface area (Å²) in [7, 11) is 1.75. The summed E-state index contributed by atoms with van der Waals surface area (Å²) in [6, 6.07) is 0.134. The quantitative estimate of drug-likeness (QED) is 0.733. The van der Waals surface area contributed by atoms with Gasteiger partial charge in [0.25, 0.3) is 0 Å². The van der Waals surface area contributed by atoms with Crippen LogP contribution < -0.4 is 5.73 Å². The third-order valence-corrected chi connectivity index (χ3v) is 2.76. The summed E-state index contributed by atoms with van der Waals surface area (Å²) in [6.07, 6.45) is 1.25. The van der Waals surface area contributed by atoms with Crippen LogP contribution in [-0.4, -0.2) is 19.3 Å². The fraction of sp³-hybridized carbons (Fsp3) is 1.00. The molecule has 0 bridgehead atoms. The van der Waals surface area contributed by atoms with Gasteiger partial charge in [0.1, 0.15) is 0 Å². The van der Waals surface area contributed by atoms with Crippen molar-refractivity contribution in [2.24, 2.45) is 17.1 Å². The zero-order chi connectivity index (χ0) is 10.6. The summed E-state index contributed by atoms with van der Waals surface area (Å²) in [5, 5.41) is 0. The van der Waals surface area contributed by atoms with Crippen LogP contribution in [0.5, 0.6) is 0 Å². The van der Waals surface area contributed by atoms with Crippen molar-refractivity contribution < 1.29 is 4.74 Å². The molecule has 0 aromatic rings. The lowest BCUT2D eigenvalue weighted by atomic mass is 9.80. The summed E-state index contributed by atoms with van der Waals surface area (Å²) in [5.74, 6) is 0.518. The summed E-state index contributed by atoms with van der Waals surface area (Å²) >= 11 is 0. The first kappa shape index (κ1) is 12.9. The van der Waals surface area contributed by atoms with Gasteiger partial charge in [0, 0.05) is 13.2 Å². The molecule has 0 spiro atoms. The van der Waals surface area contributed by atoms with E-state index in [9.17, 15) is 0 Å². The summed E-state index contributed by atoms with van der Waals surface area (Å²) < 4.78 is 5.47. The number of ether oxygens (including phenoxy) is 1. The Hall–Kier alpha value is -0.0800.